The molecule has 7 nitrogen and oxygen atoms in total. The molecule has 0 spiro atoms. The van der Waals surface area contributed by atoms with Crippen molar-refractivity contribution < 1.29 is 14.8 Å². The van der Waals surface area contributed by atoms with Gasteiger partial charge in [0, 0.05) is 18.2 Å². The molecule has 1 aliphatic rings. The number of hydrogen-bond donors (Lipinski definition) is 1. The molecule has 18 heavy (non-hydrogen) atoms. The van der Waals surface area contributed by atoms with E-state index in [1.54, 1.807) is 6.07 Å². The maximum atomic E-state index is 10.8. The van der Waals surface area contributed by atoms with E-state index < -0.39 is 10.9 Å². The fourth-order valence-electron chi connectivity index (χ4n) is 1.62. The Morgan fingerprint density at radius 3 is 2.78 bits per heavy atom. The van der Waals surface area contributed by atoms with Gasteiger partial charge in [-0.2, -0.15) is 0 Å². The molecule has 0 bridgehead atoms. The van der Waals surface area contributed by atoms with Crippen molar-refractivity contribution in [1.82, 2.24) is 4.98 Å². The van der Waals surface area contributed by atoms with E-state index in [0.29, 0.717) is 18.5 Å². The van der Waals surface area contributed by atoms with Gasteiger partial charge in [0.05, 0.1) is 0 Å². The van der Waals surface area contributed by atoms with Crippen LogP contribution in [0.25, 0.3) is 5.57 Å². The highest BCUT2D eigenvalue weighted by atomic mass is 16.6. The third-order valence-corrected chi connectivity index (χ3v) is 2.50. The van der Waals surface area contributed by atoms with Gasteiger partial charge in [0.15, 0.2) is 0 Å². The molecular formula is C11H9N3O4. The predicted molar refractivity (Wildman–Crippen MR) is 63.4 cm³/mol. The minimum absolute atomic E-state index is 0.00500. The van der Waals surface area contributed by atoms with Crippen molar-refractivity contribution in [3.8, 4) is 0 Å². The quantitative estimate of drug-likeness (QED) is 0.640. The number of carbonyl (C=O) groups is 1. The van der Waals surface area contributed by atoms with Crippen LogP contribution in [0.2, 0.25) is 0 Å². The van der Waals surface area contributed by atoms with E-state index in [9.17, 15) is 14.9 Å². The third-order valence-electron chi connectivity index (χ3n) is 2.50. The molecule has 0 unspecified atom stereocenters. The summed E-state index contributed by atoms with van der Waals surface area (Å²) >= 11 is 0. The molecule has 2 rings (SSSR count). The molecule has 2 heterocycles. The number of hydrogen-bond acceptors (Lipinski definition) is 5. The fraction of sp³-hybridized carbons (Fsp3) is 0.182. The summed E-state index contributed by atoms with van der Waals surface area (Å²) in [5.74, 6) is -1.32. The highest BCUT2D eigenvalue weighted by Crippen LogP contribution is 2.22. The summed E-state index contributed by atoms with van der Waals surface area (Å²) in [5, 5.41) is 19.3. The Kier molecular flexibility index (Phi) is 3.13. The number of dihydropyridines is 1. The summed E-state index contributed by atoms with van der Waals surface area (Å²) in [6, 6.07) is 2.85. The lowest BCUT2D eigenvalue weighted by molar-refractivity contribution is -0.389. The van der Waals surface area contributed by atoms with Gasteiger partial charge in [-0.15, -0.1) is 0 Å². The van der Waals surface area contributed by atoms with Gasteiger partial charge in [-0.25, -0.2) is 4.79 Å². The van der Waals surface area contributed by atoms with Crippen LogP contribution in [0, 0.1) is 10.1 Å². The molecule has 7 heteroatoms. The minimum Gasteiger partial charge on any atom is -0.477 e. The first kappa shape index (κ1) is 11.9. The van der Waals surface area contributed by atoms with Gasteiger partial charge in [-0.05, 0) is 34.0 Å². The molecule has 0 saturated carbocycles. The second-order valence-corrected chi connectivity index (χ2v) is 3.65. The van der Waals surface area contributed by atoms with E-state index in [0.717, 1.165) is 5.57 Å². The zero-order valence-corrected chi connectivity index (χ0v) is 9.24. The summed E-state index contributed by atoms with van der Waals surface area (Å²) in [6.45, 7) is 0.393. The Hall–Kier alpha value is -2.57. The lowest BCUT2D eigenvalue weighted by Gasteiger charge is -2.10. The topological polar surface area (TPSA) is 106 Å². The Labute approximate surface area is 102 Å². The third kappa shape index (κ3) is 2.40. The summed E-state index contributed by atoms with van der Waals surface area (Å²) in [5.41, 5.74) is 1.44. The molecule has 0 radical (unpaired) electrons. The molecule has 1 N–H and O–H groups in total. The Morgan fingerprint density at radius 1 is 1.44 bits per heavy atom. The van der Waals surface area contributed by atoms with Crippen LogP contribution in [0.5, 0.6) is 0 Å². The molecule has 92 valence electrons. The van der Waals surface area contributed by atoms with Crippen LogP contribution in [0.4, 0.5) is 5.82 Å². The fourth-order valence-corrected chi connectivity index (χ4v) is 1.62. The number of rotatable bonds is 3. The largest absolute Gasteiger partial charge is 0.477 e. The summed E-state index contributed by atoms with van der Waals surface area (Å²) < 4.78 is 0. The monoisotopic (exact) mass is 247 g/mol. The molecule has 0 aromatic carbocycles. The lowest BCUT2D eigenvalue weighted by Crippen LogP contribution is -2.14. The van der Waals surface area contributed by atoms with Crippen molar-refractivity contribution in [2.75, 3.05) is 6.54 Å². The molecule has 0 saturated heterocycles. The van der Waals surface area contributed by atoms with Crippen LogP contribution < -0.4 is 0 Å². The average Bonchev–Trinajstić information content (AvgIpc) is 2.39. The first-order valence-corrected chi connectivity index (χ1v) is 5.17. The van der Waals surface area contributed by atoms with E-state index >= 15 is 0 Å². The molecule has 0 fully saturated rings. The highest BCUT2D eigenvalue weighted by Gasteiger charge is 2.15. The Morgan fingerprint density at radius 2 is 2.22 bits per heavy atom. The number of nitro groups is 1. The number of pyridine rings is 1. The van der Waals surface area contributed by atoms with Gasteiger partial charge in [0.25, 0.3) is 0 Å². The van der Waals surface area contributed by atoms with Crippen molar-refractivity contribution in [1.29, 1.82) is 0 Å². The van der Waals surface area contributed by atoms with E-state index in [4.69, 9.17) is 5.11 Å². The molecule has 1 aromatic rings. The van der Waals surface area contributed by atoms with Crippen LogP contribution in [0.3, 0.4) is 0 Å². The normalized spacial score (nSPS) is 14.7. The van der Waals surface area contributed by atoms with Crippen LogP contribution >= 0.6 is 0 Å². The van der Waals surface area contributed by atoms with E-state index in [-0.39, 0.29) is 11.5 Å². The molecule has 0 atom stereocenters. The summed E-state index contributed by atoms with van der Waals surface area (Å²) in [7, 11) is 0. The lowest BCUT2D eigenvalue weighted by atomic mass is 10.0. The second-order valence-electron chi connectivity index (χ2n) is 3.65. The van der Waals surface area contributed by atoms with Crippen LogP contribution in [0.15, 0.2) is 29.4 Å². The maximum absolute atomic E-state index is 10.8. The first-order valence-electron chi connectivity index (χ1n) is 5.17. The standard InChI is InChI=1S/C11H9N3O4/c15-11(16)9-5-7(3-4-12-9)8-1-2-10(13-6-8)14(17)18/h1-2,5-6H,3-4H2,(H,15,16). The van der Waals surface area contributed by atoms with Gasteiger partial charge in [0.1, 0.15) is 11.9 Å². The number of carboxylic acid groups (broad SMARTS) is 1. The van der Waals surface area contributed by atoms with Gasteiger partial charge in [-0.1, -0.05) is 0 Å². The van der Waals surface area contributed by atoms with Crippen LogP contribution in [-0.2, 0) is 4.79 Å². The smallest absolute Gasteiger partial charge is 0.363 e. The van der Waals surface area contributed by atoms with E-state index in [1.807, 2.05) is 0 Å². The maximum Gasteiger partial charge on any atom is 0.363 e. The van der Waals surface area contributed by atoms with E-state index in [2.05, 4.69) is 9.98 Å². The zero-order valence-electron chi connectivity index (χ0n) is 9.24. The number of nitrogens with zero attached hydrogens (tertiary/aromatic N) is 3. The Bertz CT molecular complexity index is 560. The number of aliphatic carboxylic acids is 1. The predicted octanol–water partition coefficient (Wildman–Crippen LogP) is 1.30. The van der Waals surface area contributed by atoms with Crippen LogP contribution in [0.1, 0.15) is 12.0 Å². The van der Waals surface area contributed by atoms with Crippen LogP contribution in [-0.4, -0.2) is 33.2 Å². The molecular weight excluding hydrogens is 238 g/mol. The summed E-state index contributed by atoms with van der Waals surface area (Å²) in [4.78, 5) is 28.2. The average molecular weight is 247 g/mol. The Balaban J connectivity index is 2.29. The number of carboxylic acids is 1. The first-order chi connectivity index (χ1) is 8.58. The van der Waals surface area contributed by atoms with Crippen molar-refractivity contribution in [2.45, 2.75) is 6.42 Å². The molecule has 0 aliphatic carbocycles. The van der Waals surface area contributed by atoms with Crippen molar-refractivity contribution in [3.05, 3.63) is 40.1 Å². The van der Waals surface area contributed by atoms with Gasteiger partial charge in [-0.3, -0.25) is 4.99 Å². The number of aliphatic imine (C=N–C) groups is 1. The van der Waals surface area contributed by atoms with Gasteiger partial charge in [0.2, 0.25) is 0 Å². The minimum atomic E-state index is -1.08. The number of aromatic nitrogens is 1. The molecule has 1 aliphatic heterocycles. The molecule has 0 amide bonds. The SMILES string of the molecule is O=C(O)C1=NCCC(c2ccc([N+](=O)[O-])nc2)=C1. The highest BCUT2D eigenvalue weighted by molar-refractivity contribution is 6.41. The summed E-state index contributed by atoms with van der Waals surface area (Å²) in [6.07, 6.45) is 3.43. The van der Waals surface area contributed by atoms with E-state index in [1.165, 1.54) is 18.3 Å². The molecule has 1 aromatic heterocycles. The van der Waals surface area contributed by atoms with Crippen molar-refractivity contribution in [2.24, 2.45) is 4.99 Å². The van der Waals surface area contributed by atoms with Gasteiger partial charge >= 0.3 is 11.8 Å². The van der Waals surface area contributed by atoms with Crippen molar-refractivity contribution >= 4 is 23.1 Å². The van der Waals surface area contributed by atoms with Crippen molar-refractivity contribution in [3.63, 3.8) is 0 Å². The zero-order chi connectivity index (χ0) is 13.1. The van der Waals surface area contributed by atoms with Gasteiger partial charge < -0.3 is 15.2 Å². The second kappa shape index (κ2) is 4.74.